The van der Waals surface area contributed by atoms with Gasteiger partial charge in [0.2, 0.25) is 0 Å². The molecule has 1 N–H and O–H groups in total. The molecule has 154 valence electrons. The lowest BCUT2D eigenvalue weighted by molar-refractivity contribution is -0.160. The lowest BCUT2D eigenvalue weighted by atomic mass is 9.54. The van der Waals surface area contributed by atoms with Crippen LogP contribution >= 0.6 is 0 Å². The highest BCUT2D eigenvalue weighted by Crippen LogP contribution is 2.56. The van der Waals surface area contributed by atoms with Gasteiger partial charge in [-0.3, -0.25) is 10.1 Å². The van der Waals surface area contributed by atoms with E-state index in [0.29, 0.717) is 11.8 Å². The zero-order valence-corrected chi connectivity index (χ0v) is 17.9. The monoisotopic (exact) mass is 387 g/mol. The fourth-order valence-electron chi connectivity index (χ4n) is 5.14. The molecule has 1 fully saturated rings. The molecule has 0 saturated heterocycles. The highest BCUT2D eigenvalue weighted by atomic mass is 16.6. The average Bonchev–Trinajstić information content (AvgIpc) is 2.61. The first-order chi connectivity index (χ1) is 13.0. The van der Waals surface area contributed by atoms with E-state index >= 15 is 0 Å². The Morgan fingerprint density at radius 2 is 1.93 bits per heavy atom. The van der Waals surface area contributed by atoms with Crippen LogP contribution in [0.25, 0.3) is 0 Å². The van der Waals surface area contributed by atoms with E-state index < -0.39 is 17.1 Å². The van der Waals surface area contributed by atoms with Crippen molar-refractivity contribution in [3.8, 4) is 0 Å². The van der Waals surface area contributed by atoms with Gasteiger partial charge in [0, 0.05) is 5.69 Å². The SMILES string of the molecule is COC(=O)[C@@]1(C)CC[C@H](C)[C@@H]2c3cc(NC(=O)OC(C)(C)C)ccc3CC[C@H]21. The molecule has 0 heterocycles. The Bertz CT molecular complexity index is 766. The quantitative estimate of drug-likeness (QED) is 0.701. The predicted octanol–water partition coefficient (Wildman–Crippen LogP) is 5.29. The van der Waals surface area contributed by atoms with Gasteiger partial charge in [-0.25, -0.2) is 4.79 Å². The smallest absolute Gasteiger partial charge is 0.412 e. The van der Waals surface area contributed by atoms with Crippen molar-refractivity contribution in [2.75, 3.05) is 12.4 Å². The van der Waals surface area contributed by atoms with E-state index in [4.69, 9.17) is 9.47 Å². The van der Waals surface area contributed by atoms with Crippen molar-refractivity contribution < 1.29 is 19.1 Å². The molecule has 0 aromatic heterocycles. The molecular formula is C23H33NO4. The van der Waals surface area contributed by atoms with E-state index in [0.717, 1.165) is 31.4 Å². The Balaban J connectivity index is 1.90. The number of aryl methyl sites for hydroxylation is 1. The fourth-order valence-corrected chi connectivity index (χ4v) is 5.14. The molecule has 3 rings (SSSR count). The number of nitrogens with one attached hydrogen (secondary N) is 1. The minimum absolute atomic E-state index is 0.0964. The Labute approximate surface area is 168 Å². The molecule has 1 saturated carbocycles. The number of fused-ring (bicyclic) bond motifs is 3. The van der Waals surface area contributed by atoms with Crippen molar-refractivity contribution in [2.45, 2.75) is 71.8 Å². The summed E-state index contributed by atoms with van der Waals surface area (Å²) < 4.78 is 10.6. The molecule has 28 heavy (non-hydrogen) atoms. The van der Waals surface area contributed by atoms with Gasteiger partial charge in [-0.15, -0.1) is 0 Å². The van der Waals surface area contributed by atoms with Gasteiger partial charge in [0.05, 0.1) is 12.5 Å². The molecule has 4 atom stereocenters. The molecule has 0 aliphatic heterocycles. The molecule has 0 spiro atoms. The largest absolute Gasteiger partial charge is 0.469 e. The molecule has 1 aromatic rings. The summed E-state index contributed by atoms with van der Waals surface area (Å²) in [4.78, 5) is 24.8. The topological polar surface area (TPSA) is 64.6 Å². The van der Waals surface area contributed by atoms with Gasteiger partial charge in [0.1, 0.15) is 5.60 Å². The van der Waals surface area contributed by atoms with Crippen molar-refractivity contribution in [1.82, 2.24) is 0 Å². The van der Waals surface area contributed by atoms with Crippen LogP contribution in [-0.2, 0) is 20.7 Å². The maximum atomic E-state index is 12.6. The van der Waals surface area contributed by atoms with E-state index in [-0.39, 0.29) is 11.9 Å². The predicted molar refractivity (Wildman–Crippen MR) is 109 cm³/mol. The molecule has 0 radical (unpaired) electrons. The Morgan fingerprint density at radius 1 is 1.21 bits per heavy atom. The first-order valence-corrected chi connectivity index (χ1v) is 10.3. The fraction of sp³-hybridized carbons (Fsp3) is 0.652. The maximum absolute atomic E-state index is 12.6. The summed E-state index contributed by atoms with van der Waals surface area (Å²) in [7, 11) is 1.49. The standard InChI is InChI=1S/C23H33NO4/c1-14-11-12-23(5,20(25)27-6)18-10-8-15-7-9-16(13-17(15)19(14)18)24-21(26)28-22(2,3)4/h7,9,13-14,18-19H,8,10-12H2,1-6H3,(H,24,26)/t14-,18+,19+,23-/m0/s1. The van der Waals surface area contributed by atoms with Crippen LogP contribution in [0.4, 0.5) is 10.5 Å². The minimum atomic E-state index is -0.538. The number of carbonyl (C=O) groups excluding carboxylic acids is 2. The van der Waals surface area contributed by atoms with Crippen LogP contribution in [0.2, 0.25) is 0 Å². The number of anilines is 1. The molecule has 0 bridgehead atoms. The number of rotatable bonds is 2. The summed E-state index contributed by atoms with van der Waals surface area (Å²) in [5.41, 5.74) is 2.33. The van der Waals surface area contributed by atoms with Gasteiger partial charge in [-0.1, -0.05) is 13.0 Å². The van der Waals surface area contributed by atoms with Crippen LogP contribution in [0.1, 0.15) is 70.9 Å². The summed E-state index contributed by atoms with van der Waals surface area (Å²) in [6.45, 7) is 9.89. The normalized spacial score (nSPS) is 29.3. The lowest BCUT2D eigenvalue weighted by Crippen LogP contribution is -2.47. The molecule has 5 heteroatoms. The summed E-state index contributed by atoms with van der Waals surface area (Å²) >= 11 is 0. The van der Waals surface area contributed by atoms with Gasteiger partial charge in [-0.05, 0) is 94.4 Å². The zero-order chi connectivity index (χ0) is 20.7. The van der Waals surface area contributed by atoms with Crippen LogP contribution in [0, 0.1) is 17.3 Å². The second-order valence-electron chi connectivity index (χ2n) is 9.64. The lowest BCUT2D eigenvalue weighted by Gasteiger charge is -2.50. The molecule has 1 aromatic carbocycles. The molecule has 1 amide bonds. The molecule has 0 unspecified atom stereocenters. The molecular weight excluding hydrogens is 354 g/mol. The van der Waals surface area contributed by atoms with Crippen LogP contribution in [0.15, 0.2) is 18.2 Å². The van der Waals surface area contributed by atoms with E-state index in [1.807, 2.05) is 26.8 Å². The minimum Gasteiger partial charge on any atom is -0.469 e. The van der Waals surface area contributed by atoms with E-state index in [1.54, 1.807) is 0 Å². The first-order valence-electron chi connectivity index (χ1n) is 10.3. The number of hydrogen-bond acceptors (Lipinski definition) is 4. The van der Waals surface area contributed by atoms with E-state index in [1.165, 1.54) is 18.2 Å². The number of amides is 1. The van der Waals surface area contributed by atoms with Gasteiger partial charge in [-0.2, -0.15) is 0 Å². The highest BCUT2D eigenvalue weighted by molar-refractivity contribution is 5.85. The van der Waals surface area contributed by atoms with Crippen molar-refractivity contribution >= 4 is 17.7 Å². The van der Waals surface area contributed by atoms with Gasteiger partial charge in [0.15, 0.2) is 0 Å². The van der Waals surface area contributed by atoms with Crippen molar-refractivity contribution in [3.05, 3.63) is 29.3 Å². The summed E-state index contributed by atoms with van der Waals surface area (Å²) in [5.74, 6) is 0.939. The van der Waals surface area contributed by atoms with Crippen molar-refractivity contribution in [3.63, 3.8) is 0 Å². The third-order valence-electron chi connectivity index (χ3n) is 6.51. The summed E-state index contributed by atoms with van der Waals surface area (Å²) in [6.07, 6.45) is 3.36. The number of ether oxygens (including phenoxy) is 2. The summed E-state index contributed by atoms with van der Waals surface area (Å²) in [6, 6.07) is 6.13. The third kappa shape index (κ3) is 3.89. The van der Waals surface area contributed by atoms with E-state index in [2.05, 4.69) is 31.3 Å². The van der Waals surface area contributed by atoms with Gasteiger partial charge < -0.3 is 9.47 Å². The highest BCUT2D eigenvalue weighted by Gasteiger charge is 2.52. The van der Waals surface area contributed by atoms with E-state index in [9.17, 15) is 9.59 Å². The zero-order valence-electron chi connectivity index (χ0n) is 17.9. The average molecular weight is 388 g/mol. The van der Waals surface area contributed by atoms with Crippen LogP contribution < -0.4 is 5.32 Å². The summed E-state index contributed by atoms with van der Waals surface area (Å²) in [5, 5.41) is 2.86. The van der Waals surface area contributed by atoms with Crippen molar-refractivity contribution in [1.29, 1.82) is 0 Å². The van der Waals surface area contributed by atoms with Crippen molar-refractivity contribution in [2.24, 2.45) is 17.3 Å². The Hall–Kier alpha value is -2.04. The number of methoxy groups -OCH3 is 1. The van der Waals surface area contributed by atoms with Crippen LogP contribution in [-0.4, -0.2) is 24.8 Å². The van der Waals surface area contributed by atoms with Crippen LogP contribution in [0.5, 0.6) is 0 Å². The number of hydrogen-bond donors (Lipinski definition) is 1. The number of esters is 1. The molecule has 2 aliphatic carbocycles. The molecule has 5 nitrogen and oxygen atoms in total. The first kappa shape index (κ1) is 20.7. The second-order valence-corrected chi connectivity index (χ2v) is 9.64. The number of carbonyl (C=O) groups is 2. The Kier molecular flexibility index (Phi) is 5.48. The maximum Gasteiger partial charge on any atom is 0.412 e. The number of benzene rings is 1. The van der Waals surface area contributed by atoms with Crippen LogP contribution in [0.3, 0.4) is 0 Å². The van der Waals surface area contributed by atoms with Gasteiger partial charge >= 0.3 is 12.1 Å². The second kappa shape index (κ2) is 7.41. The third-order valence-corrected chi connectivity index (χ3v) is 6.51. The van der Waals surface area contributed by atoms with Gasteiger partial charge in [0.25, 0.3) is 0 Å². The molecule has 2 aliphatic rings. The Morgan fingerprint density at radius 3 is 2.57 bits per heavy atom.